The van der Waals surface area contributed by atoms with Gasteiger partial charge in [-0.25, -0.2) is 9.78 Å². The van der Waals surface area contributed by atoms with Crippen LogP contribution in [-0.4, -0.2) is 67.9 Å². The van der Waals surface area contributed by atoms with Crippen LogP contribution in [0.2, 0.25) is 0 Å². The van der Waals surface area contributed by atoms with Crippen LogP contribution in [0.4, 0.5) is 0 Å². The SMILES string of the molecule is COc1ccc(-c2cc(C(=O)OCC(=O)N3C[C@@H](C)O[C@@H](C)C3)c3ccccc3n2)cc1OC. The standard InChI is InChI=1S/C26H28N2O6/c1-16-13-28(14-17(2)34-16)25(29)15-33-26(30)20-12-22(27-21-8-6-5-7-19(20)21)18-9-10-23(31-3)24(11-18)32-4/h5-12,16-17H,13-15H2,1-4H3/t16-,17+. The Kier molecular flexibility index (Phi) is 6.98. The van der Waals surface area contributed by atoms with Crippen LogP contribution in [0.25, 0.3) is 22.2 Å². The van der Waals surface area contributed by atoms with Crippen LogP contribution in [0.5, 0.6) is 11.5 Å². The van der Waals surface area contributed by atoms with Crippen molar-refractivity contribution in [3.05, 3.63) is 54.1 Å². The third-order valence-electron chi connectivity index (χ3n) is 5.71. The van der Waals surface area contributed by atoms with Crippen LogP contribution in [-0.2, 0) is 14.3 Å². The highest BCUT2D eigenvalue weighted by Crippen LogP contribution is 2.33. The molecule has 2 heterocycles. The van der Waals surface area contributed by atoms with Gasteiger partial charge >= 0.3 is 5.97 Å². The van der Waals surface area contributed by atoms with E-state index in [0.29, 0.717) is 46.7 Å². The molecule has 0 saturated carbocycles. The fourth-order valence-electron chi connectivity index (χ4n) is 4.17. The average Bonchev–Trinajstić information content (AvgIpc) is 2.85. The second kappa shape index (κ2) is 10.1. The summed E-state index contributed by atoms with van der Waals surface area (Å²) >= 11 is 0. The normalized spacial score (nSPS) is 17.9. The van der Waals surface area contributed by atoms with Gasteiger partial charge in [0.15, 0.2) is 18.1 Å². The van der Waals surface area contributed by atoms with E-state index in [-0.39, 0.29) is 24.7 Å². The number of ether oxygens (including phenoxy) is 4. The summed E-state index contributed by atoms with van der Waals surface area (Å²) in [4.78, 5) is 32.1. The predicted octanol–water partition coefficient (Wildman–Crippen LogP) is 3.71. The lowest BCUT2D eigenvalue weighted by molar-refractivity contribution is -0.146. The number of methoxy groups -OCH3 is 2. The minimum Gasteiger partial charge on any atom is -0.493 e. The molecular formula is C26H28N2O6. The molecule has 4 rings (SSSR count). The first kappa shape index (κ1) is 23.5. The number of benzene rings is 2. The number of amides is 1. The molecule has 0 N–H and O–H groups in total. The Balaban J connectivity index is 1.60. The molecule has 0 bridgehead atoms. The van der Waals surface area contributed by atoms with Crippen molar-refractivity contribution in [1.29, 1.82) is 0 Å². The van der Waals surface area contributed by atoms with Gasteiger partial charge in [0, 0.05) is 24.0 Å². The number of morpholine rings is 1. The number of rotatable bonds is 6. The average molecular weight is 465 g/mol. The van der Waals surface area contributed by atoms with Crippen molar-refractivity contribution < 1.29 is 28.5 Å². The zero-order valence-corrected chi connectivity index (χ0v) is 19.7. The molecule has 1 aromatic heterocycles. The number of fused-ring (bicyclic) bond motifs is 1. The first-order valence-corrected chi connectivity index (χ1v) is 11.1. The number of pyridine rings is 1. The summed E-state index contributed by atoms with van der Waals surface area (Å²) in [5.41, 5.74) is 2.31. The van der Waals surface area contributed by atoms with E-state index in [1.54, 1.807) is 37.3 Å². The molecule has 1 aliphatic rings. The Morgan fingerprint density at radius 3 is 2.41 bits per heavy atom. The number of hydrogen-bond donors (Lipinski definition) is 0. The first-order valence-electron chi connectivity index (χ1n) is 11.1. The van der Waals surface area contributed by atoms with Crippen molar-refractivity contribution in [3.8, 4) is 22.8 Å². The summed E-state index contributed by atoms with van der Waals surface area (Å²) in [6, 6.07) is 14.4. The van der Waals surface area contributed by atoms with Gasteiger partial charge in [-0.05, 0) is 44.2 Å². The van der Waals surface area contributed by atoms with Gasteiger partial charge in [-0.2, -0.15) is 0 Å². The largest absolute Gasteiger partial charge is 0.493 e. The van der Waals surface area contributed by atoms with E-state index in [4.69, 9.17) is 23.9 Å². The van der Waals surface area contributed by atoms with Gasteiger partial charge in [0.25, 0.3) is 5.91 Å². The highest BCUT2D eigenvalue weighted by molar-refractivity contribution is 6.05. The van der Waals surface area contributed by atoms with Crippen molar-refractivity contribution in [1.82, 2.24) is 9.88 Å². The molecule has 34 heavy (non-hydrogen) atoms. The molecule has 0 radical (unpaired) electrons. The molecule has 0 spiro atoms. The van der Waals surface area contributed by atoms with Gasteiger partial charge in [-0.1, -0.05) is 18.2 Å². The topological polar surface area (TPSA) is 87.2 Å². The van der Waals surface area contributed by atoms with Crippen LogP contribution in [0, 0.1) is 0 Å². The number of carbonyl (C=O) groups excluding carboxylic acids is 2. The summed E-state index contributed by atoms with van der Waals surface area (Å²) < 4.78 is 21.8. The van der Waals surface area contributed by atoms with Crippen molar-refractivity contribution in [2.45, 2.75) is 26.1 Å². The van der Waals surface area contributed by atoms with Crippen LogP contribution in [0.1, 0.15) is 24.2 Å². The van der Waals surface area contributed by atoms with Crippen molar-refractivity contribution in [2.75, 3.05) is 33.9 Å². The molecule has 2 atom stereocenters. The molecule has 8 nitrogen and oxygen atoms in total. The van der Waals surface area contributed by atoms with Crippen LogP contribution in [0.15, 0.2) is 48.5 Å². The van der Waals surface area contributed by atoms with E-state index in [0.717, 1.165) is 5.56 Å². The fourth-order valence-corrected chi connectivity index (χ4v) is 4.17. The lowest BCUT2D eigenvalue weighted by Crippen LogP contribution is -2.49. The van der Waals surface area contributed by atoms with Crippen molar-refractivity contribution >= 4 is 22.8 Å². The number of carbonyl (C=O) groups is 2. The summed E-state index contributed by atoms with van der Waals surface area (Å²) in [5, 5.41) is 0.651. The molecule has 178 valence electrons. The first-order chi connectivity index (χ1) is 16.4. The van der Waals surface area contributed by atoms with E-state index in [1.807, 2.05) is 44.2 Å². The minimum absolute atomic E-state index is 0.0587. The maximum atomic E-state index is 13.1. The summed E-state index contributed by atoms with van der Waals surface area (Å²) in [6.45, 7) is 4.45. The third kappa shape index (κ3) is 4.97. The second-order valence-electron chi connectivity index (χ2n) is 8.27. The molecule has 1 saturated heterocycles. The third-order valence-corrected chi connectivity index (χ3v) is 5.71. The van der Waals surface area contributed by atoms with E-state index in [9.17, 15) is 9.59 Å². The fraction of sp³-hybridized carbons (Fsp3) is 0.346. The van der Waals surface area contributed by atoms with Crippen LogP contribution in [0.3, 0.4) is 0 Å². The van der Waals surface area contributed by atoms with Gasteiger partial charge in [0.05, 0.1) is 43.2 Å². The van der Waals surface area contributed by atoms with Gasteiger partial charge in [0.1, 0.15) is 0 Å². The molecular weight excluding hydrogens is 436 g/mol. The Bertz CT molecular complexity index is 1200. The summed E-state index contributed by atoms with van der Waals surface area (Å²) in [5.74, 6) is 0.326. The molecule has 0 unspecified atom stereocenters. The van der Waals surface area contributed by atoms with Gasteiger partial charge in [0.2, 0.25) is 0 Å². The lowest BCUT2D eigenvalue weighted by Gasteiger charge is -2.35. The van der Waals surface area contributed by atoms with Gasteiger partial charge in [-0.3, -0.25) is 4.79 Å². The molecule has 1 fully saturated rings. The zero-order chi connectivity index (χ0) is 24.2. The maximum absolute atomic E-state index is 13.1. The van der Waals surface area contributed by atoms with E-state index < -0.39 is 5.97 Å². The molecule has 8 heteroatoms. The van der Waals surface area contributed by atoms with E-state index >= 15 is 0 Å². The van der Waals surface area contributed by atoms with E-state index in [1.165, 1.54) is 0 Å². The molecule has 3 aromatic rings. The van der Waals surface area contributed by atoms with Gasteiger partial charge in [-0.15, -0.1) is 0 Å². The minimum atomic E-state index is -0.581. The summed E-state index contributed by atoms with van der Waals surface area (Å²) in [7, 11) is 3.13. The number of hydrogen-bond acceptors (Lipinski definition) is 7. The van der Waals surface area contributed by atoms with Crippen LogP contribution >= 0.6 is 0 Å². The molecule has 2 aromatic carbocycles. The molecule has 1 aliphatic heterocycles. The molecule has 0 aliphatic carbocycles. The maximum Gasteiger partial charge on any atom is 0.339 e. The Morgan fingerprint density at radius 2 is 1.71 bits per heavy atom. The highest BCUT2D eigenvalue weighted by atomic mass is 16.5. The smallest absolute Gasteiger partial charge is 0.339 e. The summed E-state index contributed by atoms with van der Waals surface area (Å²) in [6.07, 6.45) is -0.117. The van der Waals surface area contributed by atoms with E-state index in [2.05, 4.69) is 0 Å². The number of nitrogens with zero attached hydrogens (tertiary/aromatic N) is 2. The number of aromatic nitrogens is 1. The molecule has 1 amide bonds. The Hall–Kier alpha value is -3.65. The second-order valence-corrected chi connectivity index (χ2v) is 8.27. The number of para-hydroxylation sites is 1. The van der Waals surface area contributed by atoms with Gasteiger partial charge < -0.3 is 23.8 Å². The highest BCUT2D eigenvalue weighted by Gasteiger charge is 2.27. The van der Waals surface area contributed by atoms with Crippen molar-refractivity contribution in [2.24, 2.45) is 0 Å². The monoisotopic (exact) mass is 464 g/mol. The predicted molar refractivity (Wildman–Crippen MR) is 127 cm³/mol. The number of esters is 1. The Labute approximate surface area is 198 Å². The van der Waals surface area contributed by atoms with Crippen LogP contribution < -0.4 is 9.47 Å². The van der Waals surface area contributed by atoms with Crippen molar-refractivity contribution in [3.63, 3.8) is 0 Å². The lowest BCUT2D eigenvalue weighted by atomic mass is 10.0. The zero-order valence-electron chi connectivity index (χ0n) is 19.7. The quantitative estimate of drug-likeness (QED) is 0.514. The Morgan fingerprint density at radius 1 is 1.00 bits per heavy atom.